The molecule has 2 atom stereocenters. The van der Waals surface area contributed by atoms with Crippen LogP contribution in [0.25, 0.3) is 0 Å². The second-order valence-electron chi connectivity index (χ2n) is 7.61. The molecule has 0 aromatic heterocycles. The monoisotopic (exact) mass is 321 g/mol. The van der Waals surface area contributed by atoms with E-state index in [9.17, 15) is 9.59 Å². The van der Waals surface area contributed by atoms with E-state index in [1.807, 2.05) is 9.80 Å². The van der Waals surface area contributed by atoms with Gasteiger partial charge in [-0.15, -0.1) is 0 Å². The van der Waals surface area contributed by atoms with Crippen molar-refractivity contribution in [3.8, 4) is 0 Å². The van der Waals surface area contributed by atoms with Gasteiger partial charge in [0.2, 0.25) is 5.91 Å². The zero-order chi connectivity index (χ0) is 16.2. The molecule has 0 bridgehead atoms. The molecule has 130 valence electrons. The number of carbonyl (C=O) groups excluding carboxylic acids is 2. The molecule has 5 nitrogen and oxygen atoms in total. The Morgan fingerprint density at radius 3 is 2.09 bits per heavy atom. The van der Waals surface area contributed by atoms with Crippen LogP contribution in [-0.4, -0.2) is 54.0 Å². The fraction of sp³-hybridized carbons (Fsp3) is 0.889. The molecule has 2 saturated heterocycles. The van der Waals surface area contributed by atoms with E-state index in [-0.39, 0.29) is 17.9 Å². The summed E-state index contributed by atoms with van der Waals surface area (Å²) >= 11 is 0. The number of rotatable bonds is 2. The van der Waals surface area contributed by atoms with E-state index in [0.717, 1.165) is 58.3 Å². The first-order valence-corrected chi connectivity index (χ1v) is 9.49. The van der Waals surface area contributed by atoms with Gasteiger partial charge in [-0.3, -0.25) is 4.79 Å². The van der Waals surface area contributed by atoms with Crippen LogP contribution in [0, 0.1) is 11.8 Å². The Hall–Kier alpha value is -1.26. The van der Waals surface area contributed by atoms with Crippen molar-refractivity contribution in [2.45, 2.75) is 64.3 Å². The average Bonchev–Trinajstić information content (AvgIpc) is 3.11. The molecule has 2 unspecified atom stereocenters. The van der Waals surface area contributed by atoms with E-state index in [2.05, 4.69) is 12.2 Å². The zero-order valence-electron chi connectivity index (χ0n) is 14.4. The molecule has 1 aliphatic carbocycles. The summed E-state index contributed by atoms with van der Waals surface area (Å²) in [5, 5.41) is 3.28. The van der Waals surface area contributed by atoms with Crippen molar-refractivity contribution >= 4 is 11.9 Å². The van der Waals surface area contributed by atoms with Crippen LogP contribution in [0.15, 0.2) is 0 Å². The molecule has 0 spiro atoms. The van der Waals surface area contributed by atoms with Gasteiger partial charge in [-0.25, -0.2) is 4.79 Å². The highest BCUT2D eigenvalue weighted by Crippen LogP contribution is 2.25. The van der Waals surface area contributed by atoms with Gasteiger partial charge in [-0.2, -0.15) is 0 Å². The van der Waals surface area contributed by atoms with Gasteiger partial charge in [-0.05, 0) is 44.4 Å². The fourth-order valence-corrected chi connectivity index (χ4v) is 4.27. The maximum absolute atomic E-state index is 12.5. The lowest BCUT2D eigenvalue weighted by molar-refractivity contribution is -0.127. The summed E-state index contributed by atoms with van der Waals surface area (Å²) in [6, 6.07) is 0.544. The van der Waals surface area contributed by atoms with Gasteiger partial charge in [0, 0.05) is 38.1 Å². The Morgan fingerprint density at radius 2 is 1.43 bits per heavy atom. The van der Waals surface area contributed by atoms with E-state index in [4.69, 9.17) is 0 Å². The Kier molecular flexibility index (Phi) is 5.44. The molecule has 3 aliphatic rings. The zero-order valence-corrected chi connectivity index (χ0v) is 14.4. The van der Waals surface area contributed by atoms with Gasteiger partial charge >= 0.3 is 6.03 Å². The predicted octanol–water partition coefficient (Wildman–Crippen LogP) is 2.61. The second kappa shape index (κ2) is 7.54. The number of amides is 3. The molecular formula is C18H31N3O2. The number of piperidine rings is 1. The van der Waals surface area contributed by atoms with Gasteiger partial charge < -0.3 is 15.1 Å². The predicted molar refractivity (Wildman–Crippen MR) is 90.1 cm³/mol. The van der Waals surface area contributed by atoms with Crippen molar-refractivity contribution in [2.75, 3.05) is 26.2 Å². The summed E-state index contributed by atoms with van der Waals surface area (Å²) in [5.74, 6) is 0.910. The van der Waals surface area contributed by atoms with E-state index >= 15 is 0 Å². The Bertz CT molecular complexity index is 426. The lowest BCUT2D eigenvalue weighted by atomic mass is 9.85. The highest BCUT2D eigenvalue weighted by atomic mass is 16.2. The smallest absolute Gasteiger partial charge is 0.319 e. The van der Waals surface area contributed by atoms with Crippen molar-refractivity contribution < 1.29 is 9.59 Å². The Labute approximate surface area is 139 Å². The standard InChI is InChI=1S/C18H31N3O2/c1-14-6-2-3-7-16(14)19-17(22)15-8-12-21(13-9-15)18(23)20-10-4-5-11-20/h14-16H,2-13H2,1H3,(H,19,22). The van der Waals surface area contributed by atoms with Gasteiger partial charge in [-0.1, -0.05) is 19.8 Å². The third-order valence-corrected chi connectivity index (χ3v) is 5.95. The third kappa shape index (κ3) is 3.99. The number of carbonyl (C=O) groups is 2. The number of nitrogens with zero attached hydrogens (tertiary/aromatic N) is 2. The Morgan fingerprint density at radius 1 is 0.826 bits per heavy atom. The molecule has 2 heterocycles. The van der Waals surface area contributed by atoms with Crippen LogP contribution in [0.5, 0.6) is 0 Å². The van der Waals surface area contributed by atoms with Crippen LogP contribution in [0.3, 0.4) is 0 Å². The van der Waals surface area contributed by atoms with Crippen molar-refractivity contribution in [2.24, 2.45) is 11.8 Å². The number of hydrogen-bond acceptors (Lipinski definition) is 2. The van der Waals surface area contributed by atoms with Gasteiger partial charge in [0.05, 0.1) is 0 Å². The maximum Gasteiger partial charge on any atom is 0.319 e. The van der Waals surface area contributed by atoms with Crippen LogP contribution in [0.1, 0.15) is 58.3 Å². The van der Waals surface area contributed by atoms with Crippen molar-refractivity contribution in [3.63, 3.8) is 0 Å². The second-order valence-corrected chi connectivity index (χ2v) is 7.61. The molecule has 3 amide bonds. The molecular weight excluding hydrogens is 290 g/mol. The molecule has 3 fully saturated rings. The third-order valence-electron chi connectivity index (χ3n) is 5.95. The molecule has 0 aromatic carbocycles. The maximum atomic E-state index is 12.5. The van der Waals surface area contributed by atoms with Crippen LogP contribution in [0.2, 0.25) is 0 Å². The first-order chi connectivity index (χ1) is 11.1. The first-order valence-electron chi connectivity index (χ1n) is 9.49. The molecule has 1 saturated carbocycles. The Balaban J connectivity index is 1.44. The molecule has 0 radical (unpaired) electrons. The molecule has 23 heavy (non-hydrogen) atoms. The molecule has 3 rings (SSSR count). The normalized spacial score (nSPS) is 29.6. The van der Waals surface area contributed by atoms with Gasteiger partial charge in [0.25, 0.3) is 0 Å². The summed E-state index contributed by atoms with van der Waals surface area (Å²) in [4.78, 5) is 28.8. The summed E-state index contributed by atoms with van der Waals surface area (Å²) in [7, 11) is 0. The van der Waals surface area contributed by atoms with Crippen molar-refractivity contribution in [3.05, 3.63) is 0 Å². The van der Waals surface area contributed by atoms with Crippen LogP contribution >= 0.6 is 0 Å². The minimum absolute atomic E-state index is 0.0896. The highest BCUT2D eigenvalue weighted by molar-refractivity contribution is 5.80. The number of nitrogens with one attached hydrogen (secondary N) is 1. The first kappa shape index (κ1) is 16.6. The fourth-order valence-electron chi connectivity index (χ4n) is 4.27. The van der Waals surface area contributed by atoms with E-state index in [1.165, 1.54) is 19.3 Å². The van der Waals surface area contributed by atoms with E-state index in [1.54, 1.807) is 0 Å². The lowest BCUT2D eigenvalue weighted by Gasteiger charge is -2.35. The van der Waals surface area contributed by atoms with E-state index in [0.29, 0.717) is 12.0 Å². The summed E-state index contributed by atoms with van der Waals surface area (Å²) < 4.78 is 0. The van der Waals surface area contributed by atoms with Crippen LogP contribution in [-0.2, 0) is 4.79 Å². The molecule has 2 aliphatic heterocycles. The number of urea groups is 1. The molecule has 0 aromatic rings. The summed E-state index contributed by atoms with van der Waals surface area (Å²) in [6.07, 6.45) is 8.77. The molecule has 5 heteroatoms. The van der Waals surface area contributed by atoms with Gasteiger partial charge in [0.1, 0.15) is 0 Å². The van der Waals surface area contributed by atoms with E-state index < -0.39 is 0 Å². The lowest BCUT2D eigenvalue weighted by Crippen LogP contribution is -2.49. The summed E-state index contributed by atoms with van der Waals surface area (Å²) in [5.41, 5.74) is 0. The molecule has 1 N–H and O–H groups in total. The minimum Gasteiger partial charge on any atom is -0.353 e. The van der Waals surface area contributed by atoms with Crippen LogP contribution < -0.4 is 5.32 Å². The topological polar surface area (TPSA) is 52.7 Å². The van der Waals surface area contributed by atoms with Crippen molar-refractivity contribution in [1.29, 1.82) is 0 Å². The average molecular weight is 321 g/mol. The van der Waals surface area contributed by atoms with Gasteiger partial charge in [0.15, 0.2) is 0 Å². The largest absolute Gasteiger partial charge is 0.353 e. The minimum atomic E-state index is 0.0896. The number of hydrogen-bond donors (Lipinski definition) is 1. The van der Waals surface area contributed by atoms with Crippen molar-refractivity contribution in [1.82, 2.24) is 15.1 Å². The summed E-state index contributed by atoms with van der Waals surface area (Å²) in [6.45, 7) is 5.51. The quantitative estimate of drug-likeness (QED) is 0.850. The SMILES string of the molecule is CC1CCCCC1NC(=O)C1CCN(C(=O)N2CCCC2)CC1. The highest BCUT2D eigenvalue weighted by Gasteiger charge is 2.32. The van der Waals surface area contributed by atoms with Crippen LogP contribution in [0.4, 0.5) is 4.79 Å². The number of likely N-dealkylation sites (tertiary alicyclic amines) is 2.